The van der Waals surface area contributed by atoms with Crippen molar-refractivity contribution in [2.24, 2.45) is 5.73 Å². The zero-order valence-corrected chi connectivity index (χ0v) is 5.78. The quantitative estimate of drug-likeness (QED) is 0.603. The van der Waals surface area contributed by atoms with Gasteiger partial charge < -0.3 is 10.8 Å². The lowest BCUT2D eigenvalue weighted by atomic mass is 10.1. The number of pyridine rings is 1. The Morgan fingerprint density at radius 1 is 1.60 bits per heavy atom. The summed E-state index contributed by atoms with van der Waals surface area (Å²) in [7, 11) is 0. The highest BCUT2D eigenvalue weighted by Crippen LogP contribution is 2.13. The van der Waals surface area contributed by atoms with Crippen LogP contribution in [0.3, 0.4) is 0 Å². The lowest BCUT2D eigenvalue weighted by Crippen LogP contribution is -2.04. The molecule has 0 radical (unpaired) electrons. The van der Waals surface area contributed by atoms with Gasteiger partial charge in [0.25, 0.3) is 0 Å². The molecule has 0 amide bonds. The van der Waals surface area contributed by atoms with Gasteiger partial charge in [0, 0.05) is 12.2 Å². The number of aromatic nitrogens is 1. The molecule has 0 fully saturated rings. The number of nitrogens with zero attached hydrogens (tertiary/aromatic N) is 1. The molecule has 0 unspecified atom stereocenters. The van der Waals surface area contributed by atoms with Crippen LogP contribution in [-0.4, -0.2) is 10.1 Å². The van der Waals surface area contributed by atoms with Gasteiger partial charge in [-0.25, -0.2) is 0 Å². The van der Waals surface area contributed by atoms with E-state index in [1.807, 2.05) is 6.92 Å². The van der Waals surface area contributed by atoms with Gasteiger partial charge in [-0.05, 0) is 18.6 Å². The normalized spacial score (nSPS) is 13.0. The molecule has 0 saturated heterocycles. The van der Waals surface area contributed by atoms with Crippen LogP contribution >= 0.6 is 0 Å². The molecule has 3 heteroatoms. The monoisotopic (exact) mass is 138 g/mol. The van der Waals surface area contributed by atoms with Crippen molar-refractivity contribution in [2.45, 2.75) is 13.0 Å². The van der Waals surface area contributed by atoms with E-state index in [0.717, 1.165) is 5.56 Å². The van der Waals surface area contributed by atoms with Crippen molar-refractivity contribution in [3.05, 3.63) is 24.0 Å². The highest BCUT2D eigenvalue weighted by atomic mass is 16.3. The molecule has 1 heterocycles. The summed E-state index contributed by atoms with van der Waals surface area (Å²) in [5.74, 6) is 0.162. The lowest BCUT2D eigenvalue weighted by molar-refractivity contribution is 0.471. The molecule has 10 heavy (non-hydrogen) atoms. The smallest absolute Gasteiger partial charge is 0.134 e. The zero-order valence-electron chi connectivity index (χ0n) is 5.78. The molecule has 1 aromatic heterocycles. The van der Waals surface area contributed by atoms with Gasteiger partial charge in [-0.15, -0.1) is 0 Å². The fourth-order valence-electron chi connectivity index (χ4n) is 0.694. The Hall–Kier alpha value is -1.09. The average molecular weight is 138 g/mol. The summed E-state index contributed by atoms with van der Waals surface area (Å²) < 4.78 is 0. The Balaban J connectivity index is 2.96. The minimum Gasteiger partial charge on any atom is -0.506 e. The molecule has 0 saturated carbocycles. The Morgan fingerprint density at radius 3 is 2.70 bits per heavy atom. The number of nitrogens with two attached hydrogens (primary N) is 1. The van der Waals surface area contributed by atoms with E-state index in [9.17, 15) is 0 Å². The van der Waals surface area contributed by atoms with E-state index in [0.29, 0.717) is 0 Å². The molecule has 1 aromatic rings. The molecular formula is C7H10N2O. The van der Waals surface area contributed by atoms with Gasteiger partial charge in [-0.1, -0.05) is 0 Å². The van der Waals surface area contributed by atoms with Crippen molar-refractivity contribution in [3.63, 3.8) is 0 Å². The zero-order chi connectivity index (χ0) is 7.56. The second kappa shape index (κ2) is 2.66. The Bertz CT molecular complexity index is 223. The number of rotatable bonds is 1. The number of hydrogen-bond donors (Lipinski definition) is 2. The van der Waals surface area contributed by atoms with Gasteiger partial charge in [0.2, 0.25) is 0 Å². The van der Waals surface area contributed by atoms with E-state index in [2.05, 4.69) is 4.98 Å². The van der Waals surface area contributed by atoms with Crippen LogP contribution in [0.5, 0.6) is 5.75 Å². The van der Waals surface area contributed by atoms with Crippen molar-refractivity contribution in [1.82, 2.24) is 4.98 Å². The van der Waals surface area contributed by atoms with Gasteiger partial charge in [0.05, 0.1) is 6.20 Å². The van der Waals surface area contributed by atoms with Crippen LogP contribution in [0.4, 0.5) is 0 Å². The van der Waals surface area contributed by atoms with E-state index in [1.165, 1.54) is 6.20 Å². The van der Waals surface area contributed by atoms with Crippen molar-refractivity contribution in [3.8, 4) is 5.75 Å². The van der Waals surface area contributed by atoms with Crippen LogP contribution < -0.4 is 5.73 Å². The third-order valence-corrected chi connectivity index (χ3v) is 1.27. The predicted molar refractivity (Wildman–Crippen MR) is 38.5 cm³/mol. The number of hydrogen-bond acceptors (Lipinski definition) is 3. The fraction of sp³-hybridized carbons (Fsp3) is 0.286. The van der Waals surface area contributed by atoms with Crippen molar-refractivity contribution >= 4 is 0 Å². The van der Waals surface area contributed by atoms with Gasteiger partial charge in [0.15, 0.2) is 0 Å². The van der Waals surface area contributed by atoms with Gasteiger partial charge in [-0.2, -0.15) is 0 Å². The molecule has 3 nitrogen and oxygen atoms in total. The molecule has 0 bridgehead atoms. The molecule has 0 spiro atoms. The van der Waals surface area contributed by atoms with E-state index < -0.39 is 0 Å². The largest absolute Gasteiger partial charge is 0.506 e. The van der Waals surface area contributed by atoms with Crippen LogP contribution in [0, 0.1) is 0 Å². The molecule has 54 valence electrons. The second-order valence-electron chi connectivity index (χ2n) is 2.27. The minimum absolute atomic E-state index is 0.0698. The first-order valence-corrected chi connectivity index (χ1v) is 3.09. The first-order chi connectivity index (χ1) is 4.70. The van der Waals surface area contributed by atoms with Crippen molar-refractivity contribution in [1.29, 1.82) is 0 Å². The summed E-state index contributed by atoms with van der Waals surface area (Å²) in [5.41, 5.74) is 6.38. The van der Waals surface area contributed by atoms with E-state index >= 15 is 0 Å². The highest BCUT2D eigenvalue weighted by Gasteiger charge is 1.98. The molecule has 1 atom stereocenters. The second-order valence-corrected chi connectivity index (χ2v) is 2.27. The van der Waals surface area contributed by atoms with E-state index in [1.54, 1.807) is 12.3 Å². The van der Waals surface area contributed by atoms with E-state index in [-0.39, 0.29) is 11.8 Å². The topological polar surface area (TPSA) is 59.1 Å². The van der Waals surface area contributed by atoms with Crippen LogP contribution in [0.15, 0.2) is 18.5 Å². The highest BCUT2D eigenvalue weighted by molar-refractivity contribution is 5.23. The Kier molecular flexibility index (Phi) is 1.87. The fourth-order valence-corrected chi connectivity index (χ4v) is 0.694. The maximum atomic E-state index is 8.94. The van der Waals surface area contributed by atoms with Crippen molar-refractivity contribution in [2.75, 3.05) is 0 Å². The van der Waals surface area contributed by atoms with Gasteiger partial charge in [-0.3, -0.25) is 4.98 Å². The maximum absolute atomic E-state index is 8.94. The lowest BCUT2D eigenvalue weighted by Gasteiger charge is -2.03. The summed E-state index contributed by atoms with van der Waals surface area (Å²) in [4.78, 5) is 3.78. The average Bonchev–Trinajstić information content (AvgIpc) is 1.88. The molecular weight excluding hydrogens is 128 g/mol. The first-order valence-electron chi connectivity index (χ1n) is 3.09. The summed E-state index contributed by atoms with van der Waals surface area (Å²) in [6, 6.07) is 1.54. The van der Waals surface area contributed by atoms with Crippen LogP contribution in [0.1, 0.15) is 18.5 Å². The summed E-state index contributed by atoms with van der Waals surface area (Å²) >= 11 is 0. The molecule has 0 aromatic carbocycles. The maximum Gasteiger partial charge on any atom is 0.134 e. The third-order valence-electron chi connectivity index (χ3n) is 1.27. The van der Waals surface area contributed by atoms with Crippen molar-refractivity contribution < 1.29 is 5.11 Å². The Morgan fingerprint density at radius 2 is 2.30 bits per heavy atom. The predicted octanol–water partition coefficient (Wildman–Crippen LogP) is 0.807. The SMILES string of the molecule is C[C@H](N)c1cncc(O)c1. The Labute approximate surface area is 59.5 Å². The van der Waals surface area contributed by atoms with Crippen LogP contribution in [0.25, 0.3) is 0 Å². The summed E-state index contributed by atoms with van der Waals surface area (Å²) in [5, 5.41) is 8.94. The number of aromatic hydroxyl groups is 1. The molecule has 0 aliphatic heterocycles. The molecule has 0 aliphatic rings. The van der Waals surface area contributed by atoms with Crippen LogP contribution in [0.2, 0.25) is 0 Å². The molecule has 0 aliphatic carbocycles. The van der Waals surface area contributed by atoms with E-state index in [4.69, 9.17) is 10.8 Å². The van der Waals surface area contributed by atoms with Gasteiger partial charge >= 0.3 is 0 Å². The summed E-state index contributed by atoms with van der Waals surface area (Å²) in [6.45, 7) is 1.84. The minimum atomic E-state index is -0.0698. The molecule has 3 N–H and O–H groups in total. The standard InChI is InChI=1S/C7H10N2O/c1-5(8)6-2-7(10)4-9-3-6/h2-5,10H,8H2,1H3/t5-/m0/s1. The molecule has 1 rings (SSSR count). The van der Waals surface area contributed by atoms with Crippen LogP contribution in [-0.2, 0) is 0 Å². The first kappa shape index (κ1) is 7.02. The third kappa shape index (κ3) is 1.45. The summed E-state index contributed by atoms with van der Waals surface area (Å²) in [6.07, 6.45) is 3.02. The van der Waals surface area contributed by atoms with Gasteiger partial charge in [0.1, 0.15) is 5.75 Å².